The van der Waals surface area contributed by atoms with E-state index in [0.717, 1.165) is 22.7 Å². The van der Waals surface area contributed by atoms with Crippen molar-refractivity contribution in [3.05, 3.63) is 53.8 Å². The molecule has 0 aliphatic carbocycles. The average Bonchev–Trinajstić information content (AvgIpc) is 2.52. The van der Waals surface area contributed by atoms with E-state index in [2.05, 4.69) is 12.2 Å². The van der Waals surface area contributed by atoms with Gasteiger partial charge in [0.15, 0.2) is 0 Å². The fraction of sp³-hybridized carbons (Fsp3) is 0.294. The molecule has 0 aliphatic heterocycles. The highest BCUT2D eigenvalue weighted by molar-refractivity contribution is 5.69. The van der Waals surface area contributed by atoms with E-state index < -0.39 is 0 Å². The van der Waals surface area contributed by atoms with Gasteiger partial charge < -0.3 is 15.0 Å². The van der Waals surface area contributed by atoms with Crippen LogP contribution in [0, 0.1) is 5.82 Å². The maximum Gasteiger partial charge on any atom is 0.125 e. The minimum atomic E-state index is -0.245. The van der Waals surface area contributed by atoms with E-state index in [1.807, 2.05) is 43.3 Å². The van der Waals surface area contributed by atoms with Crippen molar-refractivity contribution >= 4 is 11.4 Å². The van der Waals surface area contributed by atoms with Crippen LogP contribution in [-0.2, 0) is 0 Å². The number of ether oxygens (including phenoxy) is 1. The molecule has 112 valence electrons. The zero-order chi connectivity index (χ0) is 15.4. The van der Waals surface area contributed by atoms with E-state index >= 15 is 0 Å². The molecule has 1 atom stereocenters. The van der Waals surface area contributed by atoms with Gasteiger partial charge in [0.25, 0.3) is 0 Å². The van der Waals surface area contributed by atoms with Crippen LogP contribution in [0.15, 0.2) is 42.5 Å². The van der Waals surface area contributed by atoms with Crippen LogP contribution in [0.3, 0.4) is 0 Å². The number of nitrogens with zero attached hydrogens (tertiary/aromatic N) is 1. The number of nitrogens with one attached hydrogen (secondary N) is 1. The smallest absolute Gasteiger partial charge is 0.125 e. The van der Waals surface area contributed by atoms with Gasteiger partial charge in [-0.2, -0.15) is 0 Å². The Balaban J connectivity index is 2.52. The molecule has 1 unspecified atom stereocenters. The first-order valence-corrected chi connectivity index (χ1v) is 6.92. The molecule has 1 N–H and O–H groups in total. The van der Waals surface area contributed by atoms with Crippen LogP contribution in [0.2, 0.25) is 0 Å². The van der Waals surface area contributed by atoms with Gasteiger partial charge in [0.05, 0.1) is 7.11 Å². The third kappa shape index (κ3) is 3.16. The molecule has 0 bridgehead atoms. The van der Waals surface area contributed by atoms with Crippen molar-refractivity contribution in [1.82, 2.24) is 5.32 Å². The second-order valence-corrected chi connectivity index (χ2v) is 4.94. The van der Waals surface area contributed by atoms with Gasteiger partial charge in [0.2, 0.25) is 0 Å². The van der Waals surface area contributed by atoms with Gasteiger partial charge in [-0.15, -0.1) is 0 Å². The molecule has 0 spiro atoms. The Bertz CT molecular complexity index is 615. The minimum Gasteiger partial charge on any atom is -0.496 e. The maximum atomic E-state index is 13.5. The molecule has 0 heterocycles. The molecule has 0 aromatic heterocycles. The number of hydrogen-bond donors (Lipinski definition) is 1. The normalized spacial score (nSPS) is 12.0. The van der Waals surface area contributed by atoms with Gasteiger partial charge in [-0.05, 0) is 44.3 Å². The SMILES string of the molecule is CNC(C)c1c(OC)cccc1N(C)c1cccc(F)c1. The lowest BCUT2D eigenvalue weighted by molar-refractivity contribution is 0.404. The molecule has 0 aliphatic rings. The first kappa shape index (κ1) is 15.3. The maximum absolute atomic E-state index is 13.5. The third-order valence-corrected chi connectivity index (χ3v) is 3.69. The standard InChI is InChI=1S/C17H21FN2O/c1-12(19-2)17-15(9-6-10-16(17)21-4)20(3)14-8-5-7-13(18)11-14/h5-12,19H,1-4H3. The van der Waals surface area contributed by atoms with E-state index in [1.165, 1.54) is 12.1 Å². The Morgan fingerprint density at radius 2 is 1.90 bits per heavy atom. The second kappa shape index (κ2) is 6.59. The number of rotatable bonds is 5. The average molecular weight is 288 g/mol. The minimum absolute atomic E-state index is 0.118. The Hall–Kier alpha value is -2.07. The highest BCUT2D eigenvalue weighted by atomic mass is 19.1. The highest BCUT2D eigenvalue weighted by Gasteiger charge is 2.18. The Morgan fingerprint density at radius 3 is 2.52 bits per heavy atom. The number of anilines is 2. The van der Waals surface area contributed by atoms with Crippen molar-refractivity contribution in [2.45, 2.75) is 13.0 Å². The van der Waals surface area contributed by atoms with E-state index in [-0.39, 0.29) is 11.9 Å². The quantitative estimate of drug-likeness (QED) is 0.903. The Morgan fingerprint density at radius 1 is 1.19 bits per heavy atom. The summed E-state index contributed by atoms with van der Waals surface area (Å²) in [5.41, 5.74) is 2.84. The lowest BCUT2D eigenvalue weighted by Gasteiger charge is -2.26. The van der Waals surface area contributed by atoms with Crippen molar-refractivity contribution in [2.24, 2.45) is 0 Å². The number of hydrogen-bond acceptors (Lipinski definition) is 3. The predicted octanol–water partition coefficient (Wildman–Crippen LogP) is 3.88. The molecule has 0 saturated carbocycles. The highest BCUT2D eigenvalue weighted by Crippen LogP contribution is 2.36. The number of methoxy groups -OCH3 is 1. The molecule has 3 nitrogen and oxygen atoms in total. The van der Waals surface area contributed by atoms with Crippen LogP contribution >= 0.6 is 0 Å². The van der Waals surface area contributed by atoms with Gasteiger partial charge in [0.1, 0.15) is 11.6 Å². The molecular formula is C17H21FN2O. The largest absolute Gasteiger partial charge is 0.496 e. The third-order valence-electron chi connectivity index (χ3n) is 3.69. The summed E-state index contributed by atoms with van der Waals surface area (Å²) in [6, 6.07) is 12.6. The summed E-state index contributed by atoms with van der Waals surface area (Å²) in [6.45, 7) is 2.07. The molecule has 2 rings (SSSR count). The van der Waals surface area contributed by atoms with Crippen LogP contribution < -0.4 is 15.0 Å². The van der Waals surface area contributed by atoms with E-state index in [1.54, 1.807) is 13.2 Å². The summed E-state index contributed by atoms with van der Waals surface area (Å²) < 4.78 is 18.9. The fourth-order valence-electron chi connectivity index (χ4n) is 2.41. The zero-order valence-electron chi connectivity index (χ0n) is 12.9. The first-order valence-electron chi connectivity index (χ1n) is 6.92. The summed E-state index contributed by atoms with van der Waals surface area (Å²) in [5, 5.41) is 3.23. The van der Waals surface area contributed by atoms with Crippen molar-refractivity contribution < 1.29 is 9.13 Å². The predicted molar refractivity (Wildman–Crippen MR) is 84.9 cm³/mol. The van der Waals surface area contributed by atoms with E-state index in [4.69, 9.17) is 4.74 Å². The molecule has 4 heteroatoms. The number of benzene rings is 2. The van der Waals surface area contributed by atoms with Crippen molar-refractivity contribution in [2.75, 3.05) is 26.1 Å². The Kier molecular flexibility index (Phi) is 4.81. The van der Waals surface area contributed by atoms with Crippen molar-refractivity contribution in [3.8, 4) is 5.75 Å². The Labute approximate surface area is 125 Å². The van der Waals surface area contributed by atoms with Crippen LogP contribution in [0.25, 0.3) is 0 Å². The van der Waals surface area contributed by atoms with Crippen LogP contribution in [-0.4, -0.2) is 21.2 Å². The summed E-state index contributed by atoms with van der Waals surface area (Å²) in [4.78, 5) is 1.97. The van der Waals surface area contributed by atoms with E-state index in [9.17, 15) is 4.39 Å². The molecule has 0 radical (unpaired) electrons. The van der Waals surface area contributed by atoms with Gasteiger partial charge in [-0.3, -0.25) is 0 Å². The van der Waals surface area contributed by atoms with Crippen molar-refractivity contribution in [1.29, 1.82) is 0 Å². The first-order chi connectivity index (χ1) is 10.1. The van der Waals surface area contributed by atoms with Crippen LogP contribution in [0.4, 0.5) is 15.8 Å². The molecule has 0 fully saturated rings. The zero-order valence-corrected chi connectivity index (χ0v) is 12.9. The second-order valence-electron chi connectivity index (χ2n) is 4.94. The van der Waals surface area contributed by atoms with Crippen molar-refractivity contribution in [3.63, 3.8) is 0 Å². The van der Waals surface area contributed by atoms with Gasteiger partial charge in [-0.1, -0.05) is 12.1 Å². The molecule has 2 aromatic rings. The topological polar surface area (TPSA) is 24.5 Å². The summed E-state index contributed by atoms with van der Waals surface area (Å²) in [7, 11) is 5.49. The fourth-order valence-corrected chi connectivity index (χ4v) is 2.41. The molecule has 21 heavy (non-hydrogen) atoms. The molecule has 0 amide bonds. The van der Waals surface area contributed by atoms with Gasteiger partial charge >= 0.3 is 0 Å². The monoisotopic (exact) mass is 288 g/mol. The van der Waals surface area contributed by atoms with Crippen LogP contribution in [0.1, 0.15) is 18.5 Å². The molecular weight excluding hydrogens is 267 g/mol. The summed E-state index contributed by atoms with van der Waals surface area (Å²) in [6.07, 6.45) is 0. The summed E-state index contributed by atoms with van der Waals surface area (Å²) in [5.74, 6) is 0.572. The lowest BCUT2D eigenvalue weighted by atomic mass is 10.0. The van der Waals surface area contributed by atoms with E-state index in [0.29, 0.717) is 0 Å². The van der Waals surface area contributed by atoms with Crippen LogP contribution in [0.5, 0.6) is 5.75 Å². The summed E-state index contributed by atoms with van der Waals surface area (Å²) >= 11 is 0. The number of halogens is 1. The van der Waals surface area contributed by atoms with Gasteiger partial charge in [-0.25, -0.2) is 4.39 Å². The van der Waals surface area contributed by atoms with Gasteiger partial charge in [0, 0.05) is 30.0 Å². The molecule has 0 saturated heterocycles. The lowest BCUT2D eigenvalue weighted by Crippen LogP contribution is -2.19. The molecule has 2 aromatic carbocycles.